The number of esters is 1. The van der Waals surface area contributed by atoms with Crippen LogP contribution in [0.4, 0.5) is 0 Å². The van der Waals surface area contributed by atoms with Crippen molar-refractivity contribution in [3.63, 3.8) is 0 Å². The Morgan fingerprint density at radius 1 is 0.843 bits per heavy atom. The van der Waals surface area contributed by atoms with Crippen LogP contribution >= 0.6 is 0 Å². The quantitative estimate of drug-likeness (QED) is 0.0911. The Morgan fingerprint density at radius 2 is 1.59 bits per heavy atom. The summed E-state index contributed by atoms with van der Waals surface area (Å²) in [5, 5.41) is 23.5. The van der Waals surface area contributed by atoms with Crippen LogP contribution in [0.25, 0.3) is 0 Å². The predicted octanol–water partition coefficient (Wildman–Crippen LogP) is 7.24. The normalized spacial score (nSPS) is 38.4. The molecule has 1 amide bonds. The SMILES string of the molecule is CCOCCOC1CCC(CC(C)C2CC(=O)C(C)/C=C(/C)C(O)C(OC)C(=O)C(C)CC(C)/C=C/C=C/C=C(\C)C(OC)CC3CCC(C)C(O)(O3)C(=O)C(=O)N3CCCCC3C(=O)O2)CC1OC. The number of hydrogen-bond acceptors (Lipinski definition) is 14. The molecular formula is C55H87NO14. The van der Waals surface area contributed by atoms with E-state index >= 15 is 0 Å². The van der Waals surface area contributed by atoms with Crippen LogP contribution < -0.4 is 0 Å². The maximum atomic E-state index is 14.5. The van der Waals surface area contributed by atoms with Gasteiger partial charge in [0, 0.05) is 65.1 Å². The Hall–Kier alpha value is -3.41. The fraction of sp³-hybridized carbons (Fsp3) is 0.764. The molecule has 1 aliphatic carbocycles. The highest BCUT2D eigenvalue weighted by atomic mass is 16.6. The first kappa shape index (κ1) is 59.2. The first-order valence-electron chi connectivity index (χ1n) is 26.0. The van der Waals surface area contributed by atoms with Gasteiger partial charge in [0.2, 0.25) is 5.79 Å². The molecule has 15 heteroatoms. The number of Topliss-reactive ketones (excluding diaryl/α,β-unsaturated/α-hetero) is 3. The van der Waals surface area contributed by atoms with Gasteiger partial charge in [-0.25, -0.2) is 4.79 Å². The number of carbonyl (C=O) groups is 5. The summed E-state index contributed by atoms with van der Waals surface area (Å²) in [5.41, 5.74) is 1.28. The van der Waals surface area contributed by atoms with Crippen LogP contribution in [0.1, 0.15) is 132 Å². The van der Waals surface area contributed by atoms with E-state index in [9.17, 15) is 34.2 Å². The van der Waals surface area contributed by atoms with Crippen LogP contribution in [-0.4, -0.2) is 147 Å². The minimum atomic E-state index is -2.43. The van der Waals surface area contributed by atoms with Gasteiger partial charge in [0.1, 0.15) is 30.1 Å². The number of aliphatic hydroxyl groups is 2. The second-order valence-electron chi connectivity index (χ2n) is 20.6. The van der Waals surface area contributed by atoms with Crippen LogP contribution in [0.5, 0.6) is 0 Å². The standard InChI is InChI=1S/C55H87NO14/c1-12-67-26-27-68-45-24-22-41(31-48(45)65-10)30-37(5)47-33-44(57)36(4)29-39(7)50(59)51(66-11)49(58)38(6)28-34(2)18-14-13-15-19-35(3)46(64-9)32-42-23-21-40(8)55(63,70-42)52(60)53(61)56-25-17-16-20-43(56)54(62)69-47/h13-15,18-19,29,34,36-38,40-43,45-48,50-51,59,63H,12,16-17,20-28,30-33H2,1-11H3/b15-13+,18-14+,35-19+,39-29-. The van der Waals surface area contributed by atoms with Crippen molar-refractivity contribution >= 4 is 29.2 Å². The summed E-state index contributed by atoms with van der Waals surface area (Å²) in [4.78, 5) is 72.4. The van der Waals surface area contributed by atoms with E-state index in [0.717, 1.165) is 18.4 Å². The molecule has 2 N–H and O–H groups in total. The van der Waals surface area contributed by atoms with E-state index in [1.165, 1.54) is 12.0 Å². The van der Waals surface area contributed by atoms with E-state index < -0.39 is 77.8 Å². The van der Waals surface area contributed by atoms with Crippen molar-refractivity contribution in [3.8, 4) is 0 Å². The van der Waals surface area contributed by atoms with Crippen LogP contribution in [0, 0.1) is 35.5 Å². The monoisotopic (exact) mass is 986 g/mol. The number of piperidine rings is 1. The van der Waals surface area contributed by atoms with E-state index in [1.807, 2.05) is 65.0 Å². The second kappa shape index (κ2) is 28.7. The molecule has 15 atom stereocenters. The van der Waals surface area contributed by atoms with Crippen molar-refractivity contribution in [1.29, 1.82) is 0 Å². The zero-order valence-electron chi connectivity index (χ0n) is 44.1. The van der Waals surface area contributed by atoms with E-state index in [1.54, 1.807) is 41.1 Å². The highest BCUT2D eigenvalue weighted by Crippen LogP contribution is 2.38. The third kappa shape index (κ3) is 16.3. The fourth-order valence-corrected chi connectivity index (χ4v) is 10.7. The summed E-state index contributed by atoms with van der Waals surface area (Å²) in [5.74, 6) is -7.83. The Labute approximate surface area is 418 Å². The number of amides is 1. The number of hydrogen-bond donors (Lipinski definition) is 2. The number of aliphatic hydroxyl groups excluding tert-OH is 1. The van der Waals surface area contributed by atoms with Gasteiger partial charge in [0.15, 0.2) is 5.78 Å². The van der Waals surface area contributed by atoms with E-state index in [-0.39, 0.29) is 60.9 Å². The summed E-state index contributed by atoms with van der Waals surface area (Å²) < 4.78 is 41.5. The molecule has 15 nitrogen and oxygen atoms in total. The van der Waals surface area contributed by atoms with Crippen molar-refractivity contribution in [2.75, 3.05) is 47.7 Å². The molecule has 3 fully saturated rings. The van der Waals surface area contributed by atoms with Crippen molar-refractivity contribution in [2.45, 2.75) is 187 Å². The lowest BCUT2D eigenvalue weighted by Gasteiger charge is -2.42. The summed E-state index contributed by atoms with van der Waals surface area (Å²) in [6, 6.07) is -1.14. The van der Waals surface area contributed by atoms with Gasteiger partial charge < -0.3 is 48.3 Å². The third-order valence-corrected chi connectivity index (χ3v) is 15.2. The van der Waals surface area contributed by atoms with Gasteiger partial charge in [-0.05, 0) is 114 Å². The first-order valence-corrected chi connectivity index (χ1v) is 26.0. The lowest BCUT2D eigenvalue weighted by Crippen LogP contribution is -2.61. The molecule has 3 aliphatic heterocycles. The molecule has 3 heterocycles. The Kier molecular flexibility index (Phi) is 24.3. The van der Waals surface area contributed by atoms with Crippen LogP contribution in [0.15, 0.2) is 47.6 Å². The third-order valence-electron chi connectivity index (χ3n) is 15.2. The topological polar surface area (TPSA) is 194 Å². The maximum absolute atomic E-state index is 14.5. The number of ether oxygens (including phenoxy) is 7. The van der Waals surface area contributed by atoms with E-state index in [2.05, 4.69) is 0 Å². The predicted molar refractivity (Wildman–Crippen MR) is 265 cm³/mol. The van der Waals surface area contributed by atoms with Gasteiger partial charge in [0.05, 0.1) is 37.6 Å². The molecule has 0 spiro atoms. The lowest BCUT2D eigenvalue weighted by atomic mass is 9.78. The number of carbonyl (C=O) groups excluding carboxylic acids is 5. The van der Waals surface area contributed by atoms with Gasteiger partial charge in [0.25, 0.3) is 11.7 Å². The molecule has 2 bridgehead atoms. The molecule has 396 valence electrons. The summed E-state index contributed by atoms with van der Waals surface area (Å²) in [7, 11) is 4.64. The molecular weight excluding hydrogens is 899 g/mol. The average Bonchev–Trinajstić information content (AvgIpc) is 3.34. The van der Waals surface area contributed by atoms with Crippen molar-refractivity contribution in [1.82, 2.24) is 4.90 Å². The van der Waals surface area contributed by atoms with Crippen LogP contribution in [0.2, 0.25) is 0 Å². The number of cyclic esters (lactones) is 1. The smallest absolute Gasteiger partial charge is 0.329 e. The highest BCUT2D eigenvalue weighted by Gasteiger charge is 2.53. The van der Waals surface area contributed by atoms with Crippen molar-refractivity contribution < 1.29 is 67.3 Å². The van der Waals surface area contributed by atoms with Gasteiger partial charge in [-0.3, -0.25) is 19.2 Å². The van der Waals surface area contributed by atoms with E-state index in [4.69, 9.17) is 33.2 Å². The summed E-state index contributed by atoms with van der Waals surface area (Å²) >= 11 is 0. The van der Waals surface area contributed by atoms with Crippen LogP contribution in [0.3, 0.4) is 0 Å². The Morgan fingerprint density at radius 3 is 2.27 bits per heavy atom. The zero-order valence-corrected chi connectivity index (χ0v) is 44.1. The number of methoxy groups -OCH3 is 3. The second-order valence-corrected chi connectivity index (χ2v) is 20.6. The first-order chi connectivity index (χ1) is 33.3. The molecule has 2 saturated heterocycles. The largest absolute Gasteiger partial charge is 0.460 e. The molecule has 15 unspecified atom stereocenters. The number of rotatable bonds is 11. The van der Waals surface area contributed by atoms with Gasteiger partial charge in [-0.1, -0.05) is 71.1 Å². The number of fused-ring (bicyclic) bond motifs is 3. The number of allylic oxidation sites excluding steroid dienone is 6. The maximum Gasteiger partial charge on any atom is 0.329 e. The molecule has 1 saturated carbocycles. The molecule has 4 aliphatic rings. The van der Waals surface area contributed by atoms with Crippen molar-refractivity contribution in [3.05, 3.63) is 47.6 Å². The summed E-state index contributed by atoms with van der Waals surface area (Å²) in [6.07, 6.45) is 12.4. The van der Waals surface area contributed by atoms with E-state index in [0.29, 0.717) is 76.8 Å². The highest BCUT2D eigenvalue weighted by molar-refractivity contribution is 6.39. The molecule has 0 aromatic heterocycles. The van der Waals surface area contributed by atoms with Crippen molar-refractivity contribution in [2.24, 2.45) is 35.5 Å². The molecule has 0 aromatic carbocycles. The molecule has 70 heavy (non-hydrogen) atoms. The molecule has 4 rings (SSSR count). The summed E-state index contributed by atoms with van der Waals surface area (Å²) in [6.45, 7) is 16.4. The van der Waals surface area contributed by atoms with Gasteiger partial charge in [-0.15, -0.1) is 0 Å². The minimum Gasteiger partial charge on any atom is -0.460 e. The fourth-order valence-electron chi connectivity index (χ4n) is 10.7. The lowest BCUT2D eigenvalue weighted by molar-refractivity contribution is -0.265. The van der Waals surface area contributed by atoms with Gasteiger partial charge >= 0.3 is 5.97 Å². The average molecular weight is 986 g/mol. The number of nitrogens with zero attached hydrogens (tertiary/aromatic N) is 1. The Balaban J connectivity index is 1.68. The zero-order chi connectivity index (χ0) is 51.7. The van der Waals surface area contributed by atoms with Crippen LogP contribution in [-0.2, 0) is 57.1 Å². The molecule has 0 aromatic rings. The Bertz CT molecular complexity index is 1840. The van der Waals surface area contributed by atoms with Gasteiger partial charge in [-0.2, -0.15) is 0 Å². The molecule has 0 radical (unpaired) electrons. The minimum absolute atomic E-state index is 0.0195. The number of ketones is 3.